The van der Waals surface area contributed by atoms with E-state index in [-0.39, 0.29) is 5.56 Å². The maximum absolute atomic E-state index is 12.5. The zero-order valence-corrected chi connectivity index (χ0v) is 15.2. The summed E-state index contributed by atoms with van der Waals surface area (Å²) in [6.07, 6.45) is 4.38. The Kier molecular flexibility index (Phi) is 4.30. The molecule has 4 aromatic rings. The summed E-state index contributed by atoms with van der Waals surface area (Å²) in [7, 11) is 0. The maximum Gasteiger partial charge on any atom is 0.291 e. The van der Waals surface area contributed by atoms with Crippen LogP contribution in [0.15, 0.2) is 45.8 Å². The fraction of sp³-hybridized carbons (Fsp3) is 0.211. The Labute approximate surface area is 153 Å². The van der Waals surface area contributed by atoms with Crippen LogP contribution < -0.4 is 14.8 Å². The van der Waals surface area contributed by atoms with Crippen molar-refractivity contribution in [2.24, 2.45) is 0 Å². The molecule has 0 atom stereocenters. The van der Waals surface area contributed by atoms with E-state index in [1.807, 2.05) is 37.3 Å². The summed E-state index contributed by atoms with van der Waals surface area (Å²) in [6.45, 7) is 4.62. The first-order valence-electron chi connectivity index (χ1n) is 8.33. The molecule has 0 spiro atoms. The number of ether oxygens (including phenoxy) is 1. The fourth-order valence-corrected chi connectivity index (χ4v) is 3.47. The third-order valence-corrected chi connectivity index (χ3v) is 4.77. The van der Waals surface area contributed by atoms with Gasteiger partial charge in [0.05, 0.1) is 17.4 Å². The molecule has 3 heterocycles. The van der Waals surface area contributed by atoms with Crippen LogP contribution in [0.4, 0.5) is 0 Å². The van der Waals surface area contributed by atoms with Crippen molar-refractivity contribution in [2.45, 2.75) is 20.3 Å². The summed E-state index contributed by atoms with van der Waals surface area (Å²) >= 11 is 1.31. The lowest BCUT2D eigenvalue weighted by Gasteiger charge is -2.04. The van der Waals surface area contributed by atoms with Crippen molar-refractivity contribution in [3.05, 3.63) is 62.8 Å². The van der Waals surface area contributed by atoms with Gasteiger partial charge in [0.1, 0.15) is 11.5 Å². The first-order chi connectivity index (χ1) is 12.6. The van der Waals surface area contributed by atoms with Crippen LogP contribution in [0.3, 0.4) is 0 Å². The SMILES string of the molecule is CCCOc1ccc(-c2nc3sc(=Cc4coc(C)c4)c(=O)n3n2)cc1. The molecular formula is C19H17N3O3S. The van der Waals surface area contributed by atoms with Crippen LogP contribution in [0.2, 0.25) is 0 Å². The van der Waals surface area contributed by atoms with Gasteiger partial charge in [-0.05, 0) is 49.8 Å². The van der Waals surface area contributed by atoms with E-state index in [1.165, 1.54) is 15.9 Å². The Morgan fingerprint density at radius 1 is 1.31 bits per heavy atom. The second-order valence-electron chi connectivity index (χ2n) is 5.91. The molecule has 0 unspecified atom stereocenters. The molecule has 0 aliphatic rings. The number of fused-ring (bicyclic) bond motifs is 1. The Balaban J connectivity index is 1.67. The zero-order chi connectivity index (χ0) is 18.1. The van der Waals surface area contributed by atoms with Gasteiger partial charge in [0.25, 0.3) is 5.56 Å². The van der Waals surface area contributed by atoms with Gasteiger partial charge in [0.2, 0.25) is 4.96 Å². The van der Waals surface area contributed by atoms with Crippen molar-refractivity contribution in [3.63, 3.8) is 0 Å². The van der Waals surface area contributed by atoms with Gasteiger partial charge in [-0.25, -0.2) is 0 Å². The van der Waals surface area contributed by atoms with E-state index in [2.05, 4.69) is 17.0 Å². The second kappa shape index (κ2) is 6.76. The third-order valence-electron chi connectivity index (χ3n) is 3.82. The van der Waals surface area contributed by atoms with Crippen LogP contribution in [0.25, 0.3) is 22.4 Å². The van der Waals surface area contributed by atoms with E-state index in [0.29, 0.717) is 21.9 Å². The Hall–Kier alpha value is -2.93. The largest absolute Gasteiger partial charge is 0.494 e. The van der Waals surface area contributed by atoms with Gasteiger partial charge in [0.15, 0.2) is 5.82 Å². The molecule has 4 rings (SSSR count). The van der Waals surface area contributed by atoms with Crippen molar-refractivity contribution in [1.82, 2.24) is 14.6 Å². The average molecular weight is 367 g/mol. The predicted octanol–water partition coefficient (Wildman–Crippen LogP) is 3.06. The minimum Gasteiger partial charge on any atom is -0.494 e. The van der Waals surface area contributed by atoms with Gasteiger partial charge < -0.3 is 9.15 Å². The zero-order valence-electron chi connectivity index (χ0n) is 14.4. The molecule has 0 amide bonds. The summed E-state index contributed by atoms with van der Waals surface area (Å²) in [4.78, 5) is 17.6. The van der Waals surface area contributed by atoms with Crippen LogP contribution in [0, 0.1) is 6.92 Å². The molecular weight excluding hydrogens is 350 g/mol. The van der Waals surface area contributed by atoms with Crippen molar-refractivity contribution >= 4 is 22.4 Å². The number of thiazole rings is 1. The molecule has 7 heteroatoms. The van der Waals surface area contributed by atoms with Crippen LogP contribution in [0.1, 0.15) is 24.7 Å². The highest BCUT2D eigenvalue weighted by Crippen LogP contribution is 2.20. The molecule has 0 radical (unpaired) electrons. The molecule has 0 saturated carbocycles. The van der Waals surface area contributed by atoms with E-state index >= 15 is 0 Å². The number of nitrogens with zero attached hydrogens (tertiary/aromatic N) is 3. The lowest BCUT2D eigenvalue weighted by Crippen LogP contribution is -2.23. The van der Waals surface area contributed by atoms with Gasteiger partial charge in [0, 0.05) is 11.1 Å². The molecule has 0 aliphatic heterocycles. The van der Waals surface area contributed by atoms with E-state index < -0.39 is 0 Å². The number of benzene rings is 1. The Morgan fingerprint density at radius 3 is 2.77 bits per heavy atom. The molecule has 0 N–H and O–H groups in total. The number of furan rings is 1. The number of aromatic nitrogens is 3. The lowest BCUT2D eigenvalue weighted by molar-refractivity contribution is 0.317. The minimum absolute atomic E-state index is 0.175. The smallest absolute Gasteiger partial charge is 0.291 e. The molecule has 6 nitrogen and oxygen atoms in total. The molecule has 26 heavy (non-hydrogen) atoms. The van der Waals surface area contributed by atoms with Crippen molar-refractivity contribution in [2.75, 3.05) is 6.61 Å². The van der Waals surface area contributed by atoms with E-state index in [1.54, 1.807) is 12.3 Å². The summed E-state index contributed by atoms with van der Waals surface area (Å²) in [5.41, 5.74) is 1.53. The van der Waals surface area contributed by atoms with Crippen LogP contribution in [-0.4, -0.2) is 21.2 Å². The van der Waals surface area contributed by atoms with Crippen LogP contribution in [0.5, 0.6) is 5.75 Å². The highest BCUT2D eigenvalue weighted by atomic mass is 32.1. The highest BCUT2D eigenvalue weighted by Gasteiger charge is 2.12. The molecule has 0 bridgehead atoms. The van der Waals surface area contributed by atoms with Crippen LogP contribution in [-0.2, 0) is 0 Å². The maximum atomic E-state index is 12.5. The summed E-state index contributed by atoms with van der Waals surface area (Å²) < 4.78 is 12.8. The van der Waals surface area contributed by atoms with Gasteiger partial charge >= 0.3 is 0 Å². The number of aryl methyl sites for hydroxylation is 1. The Bertz CT molecular complexity index is 1160. The van der Waals surface area contributed by atoms with E-state index in [9.17, 15) is 4.79 Å². The quantitative estimate of drug-likeness (QED) is 0.542. The predicted molar refractivity (Wildman–Crippen MR) is 101 cm³/mol. The summed E-state index contributed by atoms with van der Waals surface area (Å²) in [5, 5.41) is 4.36. The Morgan fingerprint density at radius 2 is 2.12 bits per heavy atom. The highest BCUT2D eigenvalue weighted by molar-refractivity contribution is 7.15. The molecule has 0 saturated heterocycles. The monoisotopic (exact) mass is 367 g/mol. The van der Waals surface area contributed by atoms with E-state index in [4.69, 9.17) is 9.15 Å². The summed E-state index contributed by atoms with van der Waals surface area (Å²) in [6, 6.07) is 9.45. The molecule has 0 fully saturated rings. The first-order valence-corrected chi connectivity index (χ1v) is 9.15. The second-order valence-corrected chi connectivity index (χ2v) is 6.92. The number of hydrogen-bond donors (Lipinski definition) is 0. The van der Waals surface area contributed by atoms with Crippen molar-refractivity contribution < 1.29 is 9.15 Å². The third kappa shape index (κ3) is 3.13. The normalized spacial score (nSPS) is 12.2. The standard InChI is InChI=1S/C19H17N3O3S/c1-3-8-24-15-6-4-14(5-7-15)17-20-19-22(21-17)18(23)16(26-19)10-13-9-12(2)25-11-13/h4-7,9-11H,3,8H2,1-2H3. The van der Waals surface area contributed by atoms with Gasteiger partial charge in [-0.15, -0.1) is 5.10 Å². The van der Waals surface area contributed by atoms with Gasteiger partial charge in [-0.2, -0.15) is 9.50 Å². The van der Waals surface area contributed by atoms with Crippen molar-refractivity contribution in [3.8, 4) is 17.1 Å². The number of hydrogen-bond acceptors (Lipinski definition) is 6. The molecule has 1 aromatic carbocycles. The average Bonchev–Trinajstić information content (AvgIpc) is 3.32. The fourth-order valence-electron chi connectivity index (χ4n) is 2.57. The molecule has 0 aliphatic carbocycles. The topological polar surface area (TPSA) is 69.6 Å². The number of rotatable bonds is 5. The van der Waals surface area contributed by atoms with E-state index in [0.717, 1.165) is 29.1 Å². The molecule has 3 aromatic heterocycles. The lowest BCUT2D eigenvalue weighted by atomic mass is 10.2. The van der Waals surface area contributed by atoms with Crippen LogP contribution >= 0.6 is 11.3 Å². The van der Waals surface area contributed by atoms with Gasteiger partial charge in [-0.3, -0.25) is 4.79 Å². The molecule has 132 valence electrons. The first kappa shape index (κ1) is 16.5. The minimum atomic E-state index is -0.175. The van der Waals surface area contributed by atoms with Crippen molar-refractivity contribution in [1.29, 1.82) is 0 Å². The summed E-state index contributed by atoms with van der Waals surface area (Å²) in [5.74, 6) is 2.14. The van der Waals surface area contributed by atoms with Gasteiger partial charge in [-0.1, -0.05) is 18.3 Å².